The first-order chi connectivity index (χ1) is 5.27. The van der Waals surface area contributed by atoms with E-state index in [1.165, 1.54) is 0 Å². The van der Waals surface area contributed by atoms with Gasteiger partial charge in [0.25, 0.3) is 0 Å². The SMILES string of the molecule is CCc1oc(CC#N)nc1C. The lowest BCUT2D eigenvalue weighted by Crippen LogP contribution is -1.80. The lowest BCUT2D eigenvalue weighted by molar-refractivity contribution is 0.470. The van der Waals surface area contributed by atoms with Gasteiger partial charge >= 0.3 is 0 Å². The number of hydrogen-bond donors (Lipinski definition) is 0. The molecule has 58 valence electrons. The Morgan fingerprint density at radius 2 is 2.36 bits per heavy atom. The molecule has 0 aromatic carbocycles. The maximum atomic E-state index is 8.34. The van der Waals surface area contributed by atoms with Crippen LogP contribution in [0.5, 0.6) is 0 Å². The number of aryl methyl sites for hydroxylation is 2. The normalized spacial score (nSPS) is 9.55. The Labute approximate surface area is 65.7 Å². The molecule has 0 bridgehead atoms. The lowest BCUT2D eigenvalue weighted by Gasteiger charge is -1.85. The average molecular weight is 150 g/mol. The van der Waals surface area contributed by atoms with E-state index in [1.54, 1.807) is 0 Å². The fraction of sp³-hybridized carbons (Fsp3) is 0.500. The van der Waals surface area contributed by atoms with Crippen LogP contribution < -0.4 is 0 Å². The lowest BCUT2D eigenvalue weighted by atomic mass is 10.3. The first-order valence-electron chi connectivity index (χ1n) is 3.60. The summed E-state index contributed by atoms with van der Waals surface area (Å²) in [6.07, 6.45) is 1.10. The highest BCUT2D eigenvalue weighted by molar-refractivity contribution is 5.09. The van der Waals surface area contributed by atoms with Crippen molar-refractivity contribution in [2.75, 3.05) is 0 Å². The Bertz CT molecular complexity index is 283. The third-order valence-electron chi connectivity index (χ3n) is 1.49. The molecule has 0 saturated heterocycles. The van der Waals surface area contributed by atoms with Crippen LogP contribution in [-0.2, 0) is 12.8 Å². The highest BCUT2D eigenvalue weighted by Crippen LogP contribution is 2.10. The third-order valence-corrected chi connectivity index (χ3v) is 1.49. The van der Waals surface area contributed by atoms with E-state index in [2.05, 4.69) is 4.98 Å². The summed E-state index contributed by atoms with van der Waals surface area (Å²) in [4.78, 5) is 4.08. The number of nitriles is 1. The molecule has 0 unspecified atom stereocenters. The summed E-state index contributed by atoms with van der Waals surface area (Å²) in [7, 11) is 0. The maximum absolute atomic E-state index is 8.34. The monoisotopic (exact) mass is 150 g/mol. The second-order valence-corrected chi connectivity index (χ2v) is 2.30. The number of aromatic nitrogens is 1. The number of rotatable bonds is 2. The van der Waals surface area contributed by atoms with Gasteiger partial charge in [0.1, 0.15) is 12.2 Å². The largest absolute Gasteiger partial charge is 0.444 e. The van der Waals surface area contributed by atoms with E-state index in [1.807, 2.05) is 19.9 Å². The summed E-state index contributed by atoms with van der Waals surface area (Å²) >= 11 is 0. The molecule has 0 N–H and O–H groups in total. The second-order valence-electron chi connectivity index (χ2n) is 2.30. The average Bonchev–Trinajstić information content (AvgIpc) is 2.32. The second kappa shape index (κ2) is 3.20. The van der Waals surface area contributed by atoms with Crippen LogP contribution in [0.1, 0.15) is 24.3 Å². The first kappa shape index (κ1) is 7.80. The standard InChI is InChI=1S/C8H10N2O/c1-3-7-6(2)10-8(11-7)4-5-9/h3-4H2,1-2H3. The molecule has 0 spiro atoms. The number of hydrogen-bond acceptors (Lipinski definition) is 3. The van der Waals surface area contributed by atoms with Crippen molar-refractivity contribution >= 4 is 0 Å². The number of oxazole rings is 1. The molecule has 0 fully saturated rings. The molecule has 1 heterocycles. The minimum atomic E-state index is 0.265. The molecule has 11 heavy (non-hydrogen) atoms. The van der Waals surface area contributed by atoms with E-state index in [9.17, 15) is 0 Å². The van der Waals surface area contributed by atoms with Crippen molar-refractivity contribution < 1.29 is 4.42 Å². The molecule has 1 aromatic rings. The van der Waals surface area contributed by atoms with Gasteiger partial charge in [-0.1, -0.05) is 6.92 Å². The van der Waals surface area contributed by atoms with Gasteiger partial charge < -0.3 is 4.42 Å². The van der Waals surface area contributed by atoms with Crippen LogP contribution in [0.25, 0.3) is 0 Å². The molecule has 0 radical (unpaired) electrons. The zero-order valence-electron chi connectivity index (χ0n) is 6.72. The minimum Gasteiger partial charge on any atom is -0.444 e. The van der Waals surface area contributed by atoms with Gasteiger partial charge in [-0.2, -0.15) is 5.26 Å². The molecule has 3 nitrogen and oxygen atoms in total. The highest BCUT2D eigenvalue weighted by Gasteiger charge is 2.05. The van der Waals surface area contributed by atoms with Crippen LogP contribution in [0, 0.1) is 18.3 Å². The van der Waals surface area contributed by atoms with Crippen LogP contribution in [0.15, 0.2) is 4.42 Å². The number of nitrogens with zero attached hydrogens (tertiary/aromatic N) is 2. The van der Waals surface area contributed by atoms with Gasteiger partial charge in [0.15, 0.2) is 0 Å². The van der Waals surface area contributed by atoms with E-state index >= 15 is 0 Å². The molecular formula is C8H10N2O. The zero-order valence-corrected chi connectivity index (χ0v) is 6.72. The smallest absolute Gasteiger partial charge is 0.208 e. The molecule has 0 aliphatic rings. The van der Waals surface area contributed by atoms with Gasteiger partial charge in [-0.05, 0) is 6.92 Å². The summed E-state index contributed by atoms with van der Waals surface area (Å²) in [6, 6.07) is 1.99. The van der Waals surface area contributed by atoms with Gasteiger partial charge in [-0.25, -0.2) is 4.98 Å². The van der Waals surface area contributed by atoms with Gasteiger partial charge in [-0.15, -0.1) is 0 Å². The van der Waals surface area contributed by atoms with Gasteiger partial charge in [0.05, 0.1) is 11.8 Å². The van der Waals surface area contributed by atoms with Crippen molar-refractivity contribution in [3.63, 3.8) is 0 Å². The van der Waals surface area contributed by atoms with Crippen molar-refractivity contribution in [2.45, 2.75) is 26.7 Å². The highest BCUT2D eigenvalue weighted by atomic mass is 16.4. The van der Waals surface area contributed by atoms with E-state index in [-0.39, 0.29) is 6.42 Å². The Hall–Kier alpha value is -1.30. The first-order valence-corrected chi connectivity index (χ1v) is 3.60. The van der Waals surface area contributed by atoms with Crippen molar-refractivity contribution in [3.05, 3.63) is 17.3 Å². The molecule has 0 aliphatic heterocycles. The van der Waals surface area contributed by atoms with Crippen LogP contribution in [0.2, 0.25) is 0 Å². The Morgan fingerprint density at radius 1 is 1.64 bits per heavy atom. The van der Waals surface area contributed by atoms with Crippen molar-refractivity contribution in [1.82, 2.24) is 4.98 Å². The van der Waals surface area contributed by atoms with Gasteiger partial charge in [0, 0.05) is 6.42 Å². The fourth-order valence-electron chi connectivity index (χ4n) is 0.960. The van der Waals surface area contributed by atoms with Crippen molar-refractivity contribution in [2.24, 2.45) is 0 Å². The van der Waals surface area contributed by atoms with Crippen LogP contribution in [0.3, 0.4) is 0 Å². The summed E-state index contributed by atoms with van der Waals surface area (Å²) < 4.78 is 5.27. The summed E-state index contributed by atoms with van der Waals surface area (Å²) in [5.74, 6) is 1.41. The quantitative estimate of drug-likeness (QED) is 0.643. The predicted octanol–water partition coefficient (Wildman–Crippen LogP) is 1.61. The zero-order chi connectivity index (χ0) is 8.27. The molecule has 3 heteroatoms. The molecular weight excluding hydrogens is 140 g/mol. The van der Waals surface area contributed by atoms with E-state index in [0.29, 0.717) is 5.89 Å². The molecule has 1 aromatic heterocycles. The maximum Gasteiger partial charge on any atom is 0.208 e. The summed E-state index contributed by atoms with van der Waals surface area (Å²) in [5.41, 5.74) is 0.901. The van der Waals surface area contributed by atoms with E-state index in [0.717, 1.165) is 17.9 Å². The molecule has 0 saturated carbocycles. The Balaban J connectivity index is 2.88. The minimum absolute atomic E-state index is 0.265. The Kier molecular flexibility index (Phi) is 2.27. The fourth-order valence-corrected chi connectivity index (χ4v) is 0.960. The third kappa shape index (κ3) is 1.58. The van der Waals surface area contributed by atoms with Gasteiger partial charge in [0.2, 0.25) is 5.89 Å². The van der Waals surface area contributed by atoms with Crippen LogP contribution >= 0.6 is 0 Å². The van der Waals surface area contributed by atoms with E-state index < -0.39 is 0 Å². The topological polar surface area (TPSA) is 49.8 Å². The molecule has 0 amide bonds. The van der Waals surface area contributed by atoms with E-state index in [4.69, 9.17) is 9.68 Å². The summed E-state index contributed by atoms with van der Waals surface area (Å²) in [6.45, 7) is 3.90. The summed E-state index contributed by atoms with van der Waals surface area (Å²) in [5, 5.41) is 8.34. The Morgan fingerprint density at radius 3 is 2.82 bits per heavy atom. The van der Waals surface area contributed by atoms with Gasteiger partial charge in [-0.3, -0.25) is 0 Å². The van der Waals surface area contributed by atoms with Crippen molar-refractivity contribution in [3.8, 4) is 6.07 Å². The van der Waals surface area contributed by atoms with Crippen molar-refractivity contribution in [1.29, 1.82) is 5.26 Å². The molecule has 1 rings (SSSR count). The van der Waals surface area contributed by atoms with Crippen LogP contribution in [-0.4, -0.2) is 4.98 Å². The molecule has 0 aliphatic carbocycles. The molecule has 0 atom stereocenters. The predicted molar refractivity (Wildman–Crippen MR) is 39.9 cm³/mol. The van der Waals surface area contributed by atoms with Crippen LogP contribution in [0.4, 0.5) is 0 Å².